The lowest BCUT2D eigenvalue weighted by Crippen LogP contribution is -1.89. The fourth-order valence-corrected chi connectivity index (χ4v) is 2.45. The van der Waals surface area contributed by atoms with Crippen molar-refractivity contribution in [2.75, 3.05) is 5.73 Å². The second kappa shape index (κ2) is 4.98. The molecular weight excluding hydrogens is 274 g/mol. The van der Waals surface area contributed by atoms with Crippen LogP contribution in [0.25, 0.3) is 22.5 Å². The maximum absolute atomic E-state index is 6.10. The summed E-state index contributed by atoms with van der Waals surface area (Å²) in [5, 5.41) is 4.52. The normalized spacial score (nSPS) is 10.7. The molecule has 2 heterocycles. The number of nitrogen functional groups attached to an aromatic ring is 1. The van der Waals surface area contributed by atoms with E-state index in [1.165, 1.54) is 0 Å². The van der Waals surface area contributed by atoms with Crippen LogP contribution in [0.5, 0.6) is 0 Å². The van der Waals surface area contributed by atoms with Crippen LogP contribution in [0, 0.1) is 6.92 Å². The van der Waals surface area contributed by atoms with Crippen LogP contribution < -0.4 is 5.73 Å². The van der Waals surface area contributed by atoms with Crippen molar-refractivity contribution in [3.63, 3.8) is 0 Å². The number of pyridine rings is 1. The minimum Gasteiger partial charge on any atom is -0.380 e. The van der Waals surface area contributed by atoms with Gasteiger partial charge in [-0.15, -0.1) is 0 Å². The van der Waals surface area contributed by atoms with E-state index in [0.717, 1.165) is 22.3 Å². The molecule has 1 aromatic carbocycles. The Morgan fingerprint density at radius 1 is 1.10 bits per heavy atom. The van der Waals surface area contributed by atoms with Crippen molar-refractivity contribution < 1.29 is 4.52 Å². The van der Waals surface area contributed by atoms with E-state index < -0.39 is 0 Å². The summed E-state index contributed by atoms with van der Waals surface area (Å²) in [5.74, 6) is 0.961. The highest BCUT2D eigenvalue weighted by Gasteiger charge is 2.18. The summed E-state index contributed by atoms with van der Waals surface area (Å²) >= 11 is 6.10. The van der Waals surface area contributed by atoms with Crippen LogP contribution in [-0.2, 0) is 0 Å². The van der Waals surface area contributed by atoms with E-state index in [1.54, 1.807) is 12.4 Å². The lowest BCUT2D eigenvalue weighted by Gasteiger charge is -2.04. The Labute approximate surface area is 121 Å². The van der Waals surface area contributed by atoms with Gasteiger partial charge in [0.2, 0.25) is 0 Å². The fraction of sp³-hybridized carbons (Fsp3) is 0.0667. The molecule has 4 nitrogen and oxygen atoms in total. The molecule has 0 spiro atoms. The Bertz CT molecular complexity index is 733. The molecule has 3 rings (SSSR count). The third kappa shape index (κ3) is 2.26. The Kier molecular flexibility index (Phi) is 3.16. The van der Waals surface area contributed by atoms with Crippen molar-refractivity contribution in [1.29, 1.82) is 0 Å². The van der Waals surface area contributed by atoms with Gasteiger partial charge in [0, 0.05) is 23.0 Å². The molecule has 3 aromatic rings. The van der Waals surface area contributed by atoms with Gasteiger partial charge in [-0.2, -0.15) is 0 Å². The number of benzene rings is 1. The first-order valence-electron chi connectivity index (χ1n) is 6.08. The highest BCUT2D eigenvalue weighted by atomic mass is 35.5. The van der Waals surface area contributed by atoms with Gasteiger partial charge < -0.3 is 10.3 Å². The van der Waals surface area contributed by atoms with E-state index in [0.29, 0.717) is 16.6 Å². The monoisotopic (exact) mass is 285 g/mol. The van der Waals surface area contributed by atoms with Gasteiger partial charge >= 0.3 is 0 Å². The summed E-state index contributed by atoms with van der Waals surface area (Å²) in [6.45, 7) is 1.97. The highest BCUT2D eigenvalue weighted by molar-refractivity contribution is 6.31. The summed E-state index contributed by atoms with van der Waals surface area (Å²) in [4.78, 5) is 4.00. The molecular formula is C15H12ClN3O. The predicted octanol–water partition coefficient (Wildman–Crippen LogP) is 3.95. The van der Waals surface area contributed by atoms with Crippen molar-refractivity contribution in [3.05, 3.63) is 53.3 Å². The standard InChI is InChI=1S/C15H12ClN3O/c1-9-6-11(8-12(16)7-9)14-13(15(17)19-20-14)10-2-4-18-5-3-10/h2-8H,1H3,(H2,17,19). The van der Waals surface area contributed by atoms with E-state index in [1.807, 2.05) is 37.3 Å². The van der Waals surface area contributed by atoms with Crippen molar-refractivity contribution in [2.24, 2.45) is 0 Å². The van der Waals surface area contributed by atoms with Gasteiger partial charge in [-0.1, -0.05) is 16.8 Å². The molecule has 0 aliphatic carbocycles. The Morgan fingerprint density at radius 3 is 2.55 bits per heavy atom. The Morgan fingerprint density at radius 2 is 1.85 bits per heavy atom. The zero-order valence-corrected chi connectivity index (χ0v) is 11.6. The number of aromatic nitrogens is 2. The van der Waals surface area contributed by atoms with Crippen LogP contribution >= 0.6 is 11.6 Å². The second-order valence-electron chi connectivity index (χ2n) is 4.53. The van der Waals surface area contributed by atoms with Crippen LogP contribution in [-0.4, -0.2) is 10.1 Å². The number of halogens is 1. The SMILES string of the molecule is Cc1cc(Cl)cc(-c2onc(N)c2-c2ccncc2)c1. The summed E-state index contributed by atoms with van der Waals surface area (Å²) < 4.78 is 5.39. The van der Waals surface area contributed by atoms with Crippen molar-refractivity contribution in [2.45, 2.75) is 6.92 Å². The molecule has 0 fully saturated rings. The topological polar surface area (TPSA) is 64.9 Å². The van der Waals surface area contributed by atoms with Crippen LogP contribution in [0.3, 0.4) is 0 Å². The van der Waals surface area contributed by atoms with Gasteiger partial charge in [0.05, 0.1) is 5.56 Å². The maximum Gasteiger partial charge on any atom is 0.176 e. The Hall–Kier alpha value is -2.33. The summed E-state index contributed by atoms with van der Waals surface area (Å²) in [6.07, 6.45) is 3.41. The molecule has 0 amide bonds. The molecule has 0 radical (unpaired) electrons. The van der Waals surface area contributed by atoms with Gasteiger partial charge in [-0.25, -0.2) is 0 Å². The van der Waals surface area contributed by atoms with Crippen LogP contribution in [0.15, 0.2) is 47.2 Å². The lowest BCUT2D eigenvalue weighted by atomic mass is 10.0. The van der Waals surface area contributed by atoms with Crippen LogP contribution in [0.4, 0.5) is 5.82 Å². The molecule has 100 valence electrons. The van der Waals surface area contributed by atoms with Crippen molar-refractivity contribution >= 4 is 17.4 Å². The van der Waals surface area contributed by atoms with Crippen molar-refractivity contribution in [1.82, 2.24) is 10.1 Å². The van der Waals surface area contributed by atoms with Gasteiger partial charge in [-0.3, -0.25) is 4.98 Å². The molecule has 20 heavy (non-hydrogen) atoms. The molecule has 0 saturated carbocycles. The molecule has 0 saturated heterocycles. The minimum atomic E-state index is 0.351. The second-order valence-corrected chi connectivity index (χ2v) is 4.96. The van der Waals surface area contributed by atoms with E-state index in [4.69, 9.17) is 21.9 Å². The van der Waals surface area contributed by atoms with E-state index in [-0.39, 0.29) is 0 Å². The lowest BCUT2D eigenvalue weighted by molar-refractivity contribution is 0.436. The zero-order chi connectivity index (χ0) is 14.1. The number of aryl methyl sites for hydroxylation is 1. The first-order valence-corrected chi connectivity index (χ1v) is 6.46. The fourth-order valence-electron chi connectivity index (χ4n) is 2.16. The number of anilines is 1. The molecule has 0 aliphatic heterocycles. The molecule has 2 N–H and O–H groups in total. The van der Waals surface area contributed by atoms with E-state index in [2.05, 4.69) is 10.1 Å². The average molecular weight is 286 g/mol. The van der Waals surface area contributed by atoms with E-state index in [9.17, 15) is 0 Å². The summed E-state index contributed by atoms with van der Waals surface area (Å²) in [7, 11) is 0. The molecule has 0 aliphatic rings. The number of nitrogens with two attached hydrogens (primary N) is 1. The first kappa shape index (κ1) is 12.7. The highest BCUT2D eigenvalue weighted by Crippen LogP contribution is 2.37. The van der Waals surface area contributed by atoms with Crippen LogP contribution in [0.1, 0.15) is 5.56 Å². The van der Waals surface area contributed by atoms with Gasteiger partial charge in [0.1, 0.15) is 0 Å². The first-order chi connectivity index (χ1) is 9.65. The zero-order valence-electron chi connectivity index (χ0n) is 10.8. The van der Waals surface area contributed by atoms with Crippen molar-refractivity contribution in [3.8, 4) is 22.5 Å². The third-order valence-corrected chi connectivity index (χ3v) is 3.21. The summed E-state index contributed by atoms with van der Waals surface area (Å²) in [5.41, 5.74) is 9.49. The number of hydrogen-bond donors (Lipinski definition) is 1. The molecule has 5 heteroatoms. The number of hydrogen-bond acceptors (Lipinski definition) is 4. The smallest absolute Gasteiger partial charge is 0.176 e. The number of rotatable bonds is 2. The molecule has 2 aromatic heterocycles. The molecule has 0 bridgehead atoms. The van der Waals surface area contributed by atoms with Crippen LogP contribution in [0.2, 0.25) is 5.02 Å². The number of nitrogens with zero attached hydrogens (tertiary/aromatic N) is 2. The van der Waals surface area contributed by atoms with E-state index >= 15 is 0 Å². The predicted molar refractivity (Wildman–Crippen MR) is 79.3 cm³/mol. The van der Waals surface area contributed by atoms with Gasteiger partial charge in [-0.05, 0) is 48.4 Å². The summed E-state index contributed by atoms with van der Waals surface area (Å²) in [6, 6.07) is 9.43. The molecule has 0 unspecified atom stereocenters. The maximum atomic E-state index is 6.10. The van der Waals surface area contributed by atoms with Gasteiger partial charge in [0.25, 0.3) is 0 Å². The molecule has 0 atom stereocenters. The third-order valence-electron chi connectivity index (χ3n) is 2.99. The quantitative estimate of drug-likeness (QED) is 0.774. The van der Waals surface area contributed by atoms with Gasteiger partial charge in [0.15, 0.2) is 11.6 Å². The largest absolute Gasteiger partial charge is 0.380 e. The average Bonchev–Trinajstić information content (AvgIpc) is 2.80. The minimum absolute atomic E-state index is 0.351. The Balaban J connectivity index is 2.21.